The molecule has 0 fully saturated rings. The highest BCUT2D eigenvalue weighted by atomic mass is 31.1. The van der Waals surface area contributed by atoms with Gasteiger partial charge in [-0.1, -0.05) is 0 Å². The van der Waals surface area contributed by atoms with Crippen molar-refractivity contribution in [1.82, 2.24) is 4.90 Å². The van der Waals surface area contributed by atoms with Crippen LogP contribution in [0.3, 0.4) is 0 Å². The van der Waals surface area contributed by atoms with Gasteiger partial charge in [-0.05, 0) is 0 Å². The molecule has 0 aromatic heterocycles. The zero-order valence-electron chi connectivity index (χ0n) is 8.82. The Morgan fingerprint density at radius 2 is 1.69 bits per heavy atom. The molecule has 3 N–H and O–H groups in total. The van der Waals surface area contributed by atoms with Gasteiger partial charge in [-0.25, -0.2) is 4.89 Å². The first-order chi connectivity index (χ1) is 7.74. The molecular formula is C7H17NO7P+. The average molecular weight is 258 g/mol. The van der Waals surface area contributed by atoms with Crippen LogP contribution < -0.4 is 0 Å². The molecule has 0 rings (SSSR count). The van der Waals surface area contributed by atoms with Gasteiger partial charge in [-0.2, -0.15) is 0 Å². The molecule has 0 radical (unpaired) electrons. The van der Waals surface area contributed by atoms with Gasteiger partial charge < -0.3 is 10.2 Å². The van der Waals surface area contributed by atoms with Crippen LogP contribution in [0.4, 0.5) is 0 Å². The lowest BCUT2D eigenvalue weighted by atomic mass is 10.5. The summed E-state index contributed by atoms with van der Waals surface area (Å²) < 4.78 is 20.5. The van der Waals surface area contributed by atoms with E-state index in [-0.39, 0.29) is 33.2 Å². The first kappa shape index (κ1) is 15.8. The van der Waals surface area contributed by atoms with Crippen LogP contribution in [0.2, 0.25) is 0 Å². The van der Waals surface area contributed by atoms with Crippen molar-refractivity contribution >= 4 is 8.25 Å². The van der Waals surface area contributed by atoms with Crippen molar-refractivity contribution in [3.63, 3.8) is 0 Å². The number of hydrogen-bond acceptors (Lipinski definition) is 8. The molecule has 0 amide bonds. The maximum absolute atomic E-state index is 11.0. The minimum absolute atomic E-state index is 0.0176. The van der Waals surface area contributed by atoms with Gasteiger partial charge in [0.25, 0.3) is 0 Å². The Morgan fingerprint density at radius 1 is 1.06 bits per heavy atom. The quantitative estimate of drug-likeness (QED) is 0.148. The van der Waals surface area contributed by atoms with Crippen LogP contribution in [-0.2, 0) is 18.5 Å². The van der Waals surface area contributed by atoms with E-state index in [9.17, 15) is 4.57 Å². The van der Waals surface area contributed by atoms with Gasteiger partial charge in [0.1, 0.15) is 13.2 Å². The Kier molecular flexibility index (Phi) is 11.2. The monoisotopic (exact) mass is 258 g/mol. The summed E-state index contributed by atoms with van der Waals surface area (Å²) in [4.78, 5) is 5.28. The van der Waals surface area contributed by atoms with E-state index < -0.39 is 8.25 Å². The molecule has 0 aliphatic carbocycles. The second-order valence-electron chi connectivity index (χ2n) is 2.71. The summed E-state index contributed by atoms with van der Waals surface area (Å²) in [6, 6.07) is 0. The molecule has 9 heteroatoms. The highest BCUT2D eigenvalue weighted by molar-refractivity contribution is 7.33. The van der Waals surface area contributed by atoms with Crippen LogP contribution >= 0.6 is 8.25 Å². The van der Waals surface area contributed by atoms with Gasteiger partial charge in [0.2, 0.25) is 0 Å². The molecule has 1 atom stereocenters. The second kappa shape index (κ2) is 11.3. The molecule has 0 aliphatic heterocycles. The van der Waals surface area contributed by atoms with Crippen molar-refractivity contribution in [3.8, 4) is 0 Å². The lowest BCUT2D eigenvalue weighted by Crippen LogP contribution is -2.31. The Morgan fingerprint density at radius 3 is 2.19 bits per heavy atom. The molecule has 0 aliphatic rings. The summed E-state index contributed by atoms with van der Waals surface area (Å²) >= 11 is 0. The van der Waals surface area contributed by atoms with E-state index in [0.717, 1.165) is 0 Å². The molecule has 96 valence electrons. The van der Waals surface area contributed by atoms with E-state index in [1.807, 2.05) is 0 Å². The Labute approximate surface area is 94.2 Å². The third-order valence-electron chi connectivity index (χ3n) is 1.55. The summed E-state index contributed by atoms with van der Waals surface area (Å²) in [7, 11) is -2.29. The van der Waals surface area contributed by atoms with Gasteiger partial charge >= 0.3 is 8.25 Å². The van der Waals surface area contributed by atoms with Crippen LogP contribution in [0, 0.1) is 0 Å². The van der Waals surface area contributed by atoms with Crippen molar-refractivity contribution in [2.45, 2.75) is 0 Å². The Hall–Kier alpha value is -0.180. The molecule has 0 aromatic carbocycles. The Balaban J connectivity index is 3.60. The second-order valence-corrected chi connectivity index (χ2v) is 3.68. The fraction of sp³-hybridized carbons (Fsp3) is 1.00. The third-order valence-corrected chi connectivity index (χ3v) is 2.27. The molecule has 0 spiro atoms. The summed E-state index contributed by atoms with van der Waals surface area (Å²) in [5, 5.41) is 25.3. The van der Waals surface area contributed by atoms with Crippen molar-refractivity contribution in [2.24, 2.45) is 0 Å². The number of nitrogens with zero attached hydrogens (tertiary/aromatic N) is 1. The standard InChI is InChI=1S/C7H16NO7P/c9-3-1-8(2-4-10)7-15-16(12)14-6-5-13-11/h9-10H,1-7H2/p+1. The van der Waals surface area contributed by atoms with Crippen molar-refractivity contribution in [3.05, 3.63) is 0 Å². The topological polar surface area (TPSA) is 109 Å². The van der Waals surface area contributed by atoms with Gasteiger partial charge in [-0.15, -0.1) is 9.05 Å². The summed E-state index contributed by atoms with van der Waals surface area (Å²) in [5.74, 6) is 0. The maximum atomic E-state index is 11.0. The third kappa shape index (κ3) is 9.08. The van der Waals surface area contributed by atoms with Crippen LogP contribution in [0.25, 0.3) is 0 Å². The van der Waals surface area contributed by atoms with Crippen LogP contribution in [-0.4, -0.2) is 66.6 Å². The number of aliphatic hydroxyl groups is 2. The molecule has 0 heterocycles. The normalized spacial score (nSPS) is 12.1. The van der Waals surface area contributed by atoms with Crippen LogP contribution in [0.1, 0.15) is 0 Å². The smallest absolute Gasteiger partial charge is 0.395 e. The molecule has 1 unspecified atom stereocenters. The van der Waals surface area contributed by atoms with Gasteiger partial charge in [0.05, 0.1) is 13.2 Å². The van der Waals surface area contributed by atoms with E-state index in [1.54, 1.807) is 4.90 Å². The predicted molar refractivity (Wildman–Crippen MR) is 53.8 cm³/mol. The van der Waals surface area contributed by atoms with E-state index in [4.69, 9.17) is 20.0 Å². The number of rotatable bonds is 11. The fourth-order valence-corrected chi connectivity index (χ4v) is 1.39. The molecule has 0 bridgehead atoms. The predicted octanol–water partition coefficient (Wildman–Crippen LogP) is -0.589. The Bertz CT molecular complexity index is 176. The maximum Gasteiger partial charge on any atom is 0.698 e. The average Bonchev–Trinajstić information content (AvgIpc) is 2.27. The van der Waals surface area contributed by atoms with Crippen molar-refractivity contribution in [1.29, 1.82) is 0 Å². The first-order valence-corrected chi connectivity index (χ1v) is 5.77. The van der Waals surface area contributed by atoms with Gasteiger partial charge in [0.15, 0.2) is 6.73 Å². The van der Waals surface area contributed by atoms with E-state index in [2.05, 4.69) is 9.41 Å². The minimum Gasteiger partial charge on any atom is -0.395 e. The molecule has 8 nitrogen and oxygen atoms in total. The lowest BCUT2D eigenvalue weighted by Gasteiger charge is -2.15. The van der Waals surface area contributed by atoms with Crippen LogP contribution in [0.15, 0.2) is 0 Å². The summed E-state index contributed by atoms with van der Waals surface area (Å²) in [5.41, 5.74) is 0. The van der Waals surface area contributed by atoms with Crippen molar-refractivity contribution < 1.29 is 34.0 Å². The highest BCUT2D eigenvalue weighted by Crippen LogP contribution is 2.23. The summed E-state index contributed by atoms with van der Waals surface area (Å²) in [6.45, 7) is 0.287. The molecule has 0 aromatic rings. The van der Waals surface area contributed by atoms with E-state index in [0.29, 0.717) is 13.1 Å². The van der Waals surface area contributed by atoms with Gasteiger partial charge in [-0.3, -0.25) is 10.2 Å². The lowest BCUT2D eigenvalue weighted by molar-refractivity contribution is -0.245. The zero-order valence-corrected chi connectivity index (χ0v) is 9.71. The summed E-state index contributed by atoms with van der Waals surface area (Å²) in [6.07, 6.45) is 0. The number of aliphatic hydroxyl groups excluding tert-OH is 2. The number of hydrogen-bond donors (Lipinski definition) is 3. The SMILES string of the molecule is O=[P+](OCCOO)OCN(CCO)CCO. The first-order valence-electron chi connectivity index (χ1n) is 4.68. The van der Waals surface area contributed by atoms with Crippen molar-refractivity contribution in [2.75, 3.05) is 46.2 Å². The van der Waals surface area contributed by atoms with Crippen LogP contribution in [0.5, 0.6) is 0 Å². The molecule has 16 heavy (non-hydrogen) atoms. The largest absolute Gasteiger partial charge is 0.698 e. The van der Waals surface area contributed by atoms with E-state index >= 15 is 0 Å². The molecule has 0 saturated heterocycles. The molecular weight excluding hydrogens is 241 g/mol. The van der Waals surface area contributed by atoms with E-state index in [1.165, 1.54) is 0 Å². The highest BCUT2D eigenvalue weighted by Gasteiger charge is 2.21. The fourth-order valence-electron chi connectivity index (χ4n) is 0.839. The minimum atomic E-state index is -2.29. The zero-order chi connectivity index (χ0) is 12.2. The molecule has 0 saturated carbocycles. The van der Waals surface area contributed by atoms with Gasteiger partial charge in [0, 0.05) is 17.7 Å².